The summed E-state index contributed by atoms with van der Waals surface area (Å²) in [6.07, 6.45) is 4.84. The van der Waals surface area contributed by atoms with E-state index in [1.165, 1.54) is 18.3 Å². The molecule has 5 nitrogen and oxygen atoms in total. The first kappa shape index (κ1) is 16.2. The summed E-state index contributed by atoms with van der Waals surface area (Å²) in [5.74, 6) is -0.0508. The molecule has 4 rings (SSSR count). The standard InChI is InChI=1S/C20H14N2O3S/c23-18-6-7-19(17-5-2-10-22-20(17)18)26(24,25)16-4-1-3-15(13-16)14-8-11-21-12-9-14/h1-13,23H. The first-order valence-corrected chi connectivity index (χ1v) is 9.38. The molecule has 2 aromatic carbocycles. The number of nitrogens with zero attached hydrogens (tertiary/aromatic N) is 2. The molecular formula is C20H14N2O3S. The number of fused-ring (bicyclic) bond motifs is 1. The smallest absolute Gasteiger partial charge is 0.207 e. The van der Waals surface area contributed by atoms with Gasteiger partial charge in [-0.1, -0.05) is 12.1 Å². The van der Waals surface area contributed by atoms with Crippen LogP contribution in [0.4, 0.5) is 0 Å². The van der Waals surface area contributed by atoms with Crippen LogP contribution in [0.5, 0.6) is 5.75 Å². The molecule has 0 bridgehead atoms. The first-order valence-electron chi connectivity index (χ1n) is 7.89. The number of rotatable bonds is 3. The van der Waals surface area contributed by atoms with Crippen molar-refractivity contribution in [3.63, 3.8) is 0 Å². The average molecular weight is 362 g/mol. The van der Waals surface area contributed by atoms with Crippen molar-refractivity contribution in [2.75, 3.05) is 0 Å². The third-order valence-electron chi connectivity index (χ3n) is 4.16. The van der Waals surface area contributed by atoms with E-state index in [0.717, 1.165) is 11.1 Å². The molecule has 0 aliphatic heterocycles. The van der Waals surface area contributed by atoms with Gasteiger partial charge < -0.3 is 5.11 Å². The normalized spacial score (nSPS) is 11.5. The summed E-state index contributed by atoms with van der Waals surface area (Å²) in [5, 5.41) is 10.4. The predicted molar refractivity (Wildman–Crippen MR) is 98.5 cm³/mol. The van der Waals surface area contributed by atoms with E-state index < -0.39 is 9.84 Å². The monoisotopic (exact) mass is 362 g/mol. The van der Waals surface area contributed by atoms with Crippen LogP contribution in [-0.2, 0) is 9.84 Å². The Hall–Kier alpha value is -3.25. The molecule has 6 heteroatoms. The zero-order valence-electron chi connectivity index (χ0n) is 13.6. The minimum absolute atomic E-state index is 0.0508. The molecule has 0 atom stereocenters. The highest BCUT2D eigenvalue weighted by molar-refractivity contribution is 7.91. The Kier molecular flexibility index (Phi) is 3.89. The molecule has 0 radical (unpaired) electrons. The van der Waals surface area contributed by atoms with Crippen LogP contribution in [0.3, 0.4) is 0 Å². The first-order chi connectivity index (χ1) is 12.6. The van der Waals surface area contributed by atoms with E-state index >= 15 is 0 Å². The highest BCUT2D eigenvalue weighted by atomic mass is 32.2. The maximum atomic E-state index is 13.2. The number of hydrogen-bond donors (Lipinski definition) is 1. The fourth-order valence-corrected chi connectivity index (χ4v) is 4.38. The SMILES string of the molecule is O=S(=O)(c1cccc(-c2ccncc2)c1)c1ccc(O)c2ncccc12. The number of phenolic OH excluding ortho intramolecular Hbond substituents is 1. The lowest BCUT2D eigenvalue weighted by Gasteiger charge is -2.10. The molecule has 4 aromatic rings. The predicted octanol–water partition coefficient (Wildman–Crippen LogP) is 3.84. The average Bonchev–Trinajstić information content (AvgIpc) is 2.69. The van der Waals surface area contributed by atoms with E-state index in [1.807, 2.05) is 18.2 Å². The third-order valence-corrected chi connectivity index (χ3v) is 5.97. The van der Waals surface area contributed by atoms with Gasteiger partial charge in [-0.2, -0.15) is 0 Å². The van der Waals surface area contributed by atoms with Crippen molar-refractivity contribution >= 4 is 20.7 Å². The van der Waals surface area contributed by atoms with Crippen molar-refractivity contribution in [3.8, 4) is 16.9 Å². The van der Waals surface area contributed by atoms with Crippen LogP contribution in [0.25, 0.3) is 22.0 Å². The molecule has 0 fully saturated rings. The Morgan fingerprint density at radius 2 is 1.62 bits per heavy atom. The lowest BCUT2D eigenvalue weighted by atomic mass is 10.1. The Labute approximate surface area is 150 Å². The van der Waals surface area contributed by atoms with Crippen LogP contribution in [0, 0.1) is 0 Å². The second-order valence-corrected chi connectivity index (χ2v) is 7.67. The number of benzene rings is 2. The lowest BCUT2D eigenvalue weighted by molar-refractivity contribution is 0.480. The van der Waals surface area contributed by atoms with Crippen molar-refractivity contribution in [2.45, 2.75) is 9.79 Å². The Balaban J connectivity index is 1.90. The van der Waals surface area contributed by atoms with Gasteiger partial charge in [0.15, 0.2) is 0 Å². The van der Waals surface area contributed by atoms with Crippen molar-refractivity contribution in [3.05, 3.63) is 79.3 Å². The second-order valence-electron chi connectivity index (χ2n) is 5.75. The molecule has 0 aliphatic carbocycles. The number of pyridine rings is 2. The van der Waals surface area contributed by atoms with Gasteiger partial charge in [0, 0.05) is 24.0 Å². The molecule has 26 heavy (non-hydrogen) atoms. The fourth-order valence-electron chi connectivity index (χ4n) is 2.88. The summed E-state index contributed by atoms with van der Waals surface area (Å²) in [4.78, 5) is 8.37. The van der Waals surface area contributed by atoms with Crippen molar-refractivity contribution in [1.29, 1.82) is 0 Å². The highest BCUT2D eigenvalue weighted by Gasteiger charge is 2.22. The summed E-state index contributed by atoms with van der Waals surface area (Å²) in [5.41, 5.74) is 1.93. The lowest BCUT2D eigenvalue weighted by Crippen LogP contribution is -2.03. The van der Waals surface area contributed by atoms with Gasteiger partial charge in [-0.15, -0.1) is 0 Å². The van der Waals surface area contributed by atoms with Crippen LogP contribution in [0.1, 0.15) is 0 Å². The molecule has 0 spiro atoms. The molecule has 0 saturated heterocycles. The number of aromatic hydroxyl groups is 1. The quantitative estimate of drug-likeness (QED) is 0.599. The van der Waals surface area contributed by atoms with Crippen molar-refractivity contribution in [2.24, 2.45) is 0 Å². The summed E-state index contributed by atoms with van der Waals surface area (Å²) in [7, 11) is -3.78. The molecule has 0 saturated carbocycles. The molecular weight excluding hydrogens is 348 g/mol. The van der Waals surface area contributed by atoms with E-state index in [-0.39, 0.29) is 21.1 Å². The van der Waals surface area contributed by atoms with E-state index in [2.05, 4.69) is 9.97 Å². The number of aromatic nitrogens is 2. The van der Waals surface area contributed by atoms with Gasteiger partial charge >= 0.3 is 0 Å². The zero-order chi connectivity index (χ0) is 18.1. The van der Waals surface area contributed by atoms with Gasteiger partial charge in [-0.25, -0.2) is 8.42 Å². The van der Waals surface area contributed by atoms with Gasteiger partial charge in [0.25, 0.3) is 0 Å². The van der Waals surface area contributed by atoms with E-state index in [1.54, 1.807) is 42.7 Å². The van der Waals surface area contributed by atoms with Crippen molar-refractivity contribution < 1.29 is 13.5 Å². The Morgan fingerprint density at radius 1 is 0.808 bits per heavy atom. The molecule has 128 valence electrons. The number of sulfone groups is 1. The van der Waals surface area contributed by atoms with Crippen LogP contribution >= 0.6 is 0 Å². The highest BCUT2D eigenvalue weighted by Crippen LogP contribution is 2.33. The largest absolute Gasteiger partial charge is 0.506 e. The van der Waals surface area contributed by atoms with Crippen LogP contribution in [-0.4, -0.2) is 23.5 Å². The maximum Gasteiger partial charge on any atom is 0.207 e. The van der Waals surface area contributed by atoms with Gasteiger partial charge in [-0.3, -0.25) is 9.97 Å². The summed E-state index contributed by atoms with van der Waals surface area (Å²) in [6.45, 7) is 0. The molecule has 2 heterocycles. The van der Waals surface area contributed by atoms with Gasteiger partial charge in [0.05, 0.1) is 9.79 Å². The second kappa shape index (κ2) is 6.24. The summed E-state index contributed by atoms with van der Waals surface area (Å²) in [6, 6.07) is 16.5. The third kappa shape index (κ3) is 2.70. The van der Waals surface area contributed by atoms with E-state index in [4.69, 9.17) is 0 Å². The zero-order valence-corrected chi connectivity index (χ0v) is 14.4. The van der Waals surface area contributed by atoms with Crippen LogP contribution in [0.15, 0.2) is 89.0 Å². The van der Waals surface area contributed by atoms with Gasteiger partial charge in [0.2, 0.25) is 9.84 Å². The maximum absolute atomic E-state index is 13.2. The van der Waals surface area contributed by atoms with E-state index in [9.17, 15) is 13.5 Å². The molecule has 1 N–H and O–H groups in total. The number of hydrogen-bond acceptors (Lipinski definition) is 5. The summed E-state index contributed by atoms with van der Waals surface area (Å²) < 4.78 is 26.4. The van der Waals surface area contributed by atoms with Crippen molar-refractivity contribution in [1.82, 2.24) is 9.97 Å². The fraction of sp³-hybridized carbons (Fsp3) is 0. The Morgan fingerprint density at radius 3 is 2.42 bits per heavy atom. The minimum atomic E-state index is -3.78. The topological polar surface area (TPSA) is 80.2 Å². The Bertz CT molecular complexity index is 1210. The summed E-state index contributed by atoms with van der Waals surface area (Å²) >= 11 is 0. The van der Waals surface area contributed by atoms with Crippen LogP contribution < -0.4 is 0 Å². The van der Waals surface area contributed by atoms with Gasteiger partial charge in [0.1, 0.15) is 11.3 Å². The van der Waals surface area contributed by atoms with E-state index in [0.29, 0.717) is 5.39 Å². The molecule has 0 unspecified atom stereocenters. The number of phenols is 1. The minimum Gasteiger partial charge on any atom is -0.506 e. The van der Waals surface area contributed by atoms with Crippen LogP contribution in [0.2, 0.25) is 0 Å². The molecule has 0 amide bonds. The van der Waals surface area contributed by atoms with Gasteiger partial charge in [-0.05, 0) is 59.7 Å². The molecule has 2 aromatic heterocycles. The molecule has 0 aliphatic rings.